The molecule has 2 aromatic rings. The van der Waals surface area contributed by atoms with Crippen LogP contribution >= 0.6 is 0 Å². The topological polar surface area (TPSA) is 20.2 Å². The first-order valence-corrected chi connectivity index (χ1v) is 9.36. The number of aliphatic hydroxyl groups is 1. The van der Waals surface area contributed by atoms with Gasteiger partial charge in [0.1, 0.15) is 8.07 Å². The molecule has 2 rings (SSSR count). The molecule has 0 aromatic heterocycles. The monoisotopic (exact) mass is 256 g/mol. The summed E-state index contributed by atoms with van der Waals surface area (Å²) < 4.78 is 0. The number of rotatable bonds is 3. The van der Waals surface area contributed by atoms with Crippen LogP contribution in [-0.2, 0) is 0 Å². The molecular formula is C16H20OSi. The van der Waals surface area contributed by atoms with E-state index in [-0.39, 0.29) is 0 Å². The van der Waals surface area contributed by atoms with Gasteiger partial charge in [-0.05, 0) is 17.7 Å². The minimum atomic E-state index is -1.72. The van der Waals surface area contributed by atoms with E-state index >= 15 is 0 Å². The molecule has 18 heavy (non-hydrogen) atoms. The van der Waals surface area contributed by atoms with Gasteiger partial charge in [0, 0.05) is 0 Å². The van der Waals surface area contributed by atoms with E-state index in [9.17, 15) is 5.11 Å². The van der Waals surface area contributed by atoms with Crippen LogP contribution in [0.1, 0.15) is 18.6 Å². The second-order valence-corrected chi connectivity index (χ2v) is 9.62. The van der Waals surface area contributed by atoms with Crippen molar-refractivity contribution in [2.45, 2.75) is 26.1 Å². The van der Waals surface area contributed by atoms with Crippen LogP contribution in [0.15, 0.2) is 54.6 Å². The highest BCUT2D eigenvalue weighted by Gasteiger charge is 2.28. The molecule has 0 saturated heterocycles. The summed E-state index contributed by atoms with van der Waals surface area (Å²) in [5, 5.41) is 12.7. The lowest BCUT2D eigenvalue weighted by atomic mass is 10.1. The fraction of sp³-hybridized carbons (Fsp3) is 0.250. The first kappa shape index (κ1) is 13.1. The third-order valence-electron chi connectivity index (χ3n) is 3.58. The van der Waals surface area contributed by atoms with Gasteiger partial charge in [0.05, 0.1) is 6.10 Å². The quantitative estimate of drug-likeness (QED) is 0.837. The summed E-state index contributed by atoms with van der Waals surface area (Å²) >= 11 is 0. The van der Waals surface area contributed by atoms with E-state index in [4.69, 9.17) is 0 Å². The Bertz CT molecular complexity index is 518. The second kappa shape index (κ2) is 5.08. The number of hydrogen-bond acceptors (Lipinski definition) is 1. The maximum atomic E-state index is 9.94. The maximum Gasteiger partial charge on any atom is 0.112 e. The Morgan fingerprint density at radius 1 is 0.889 bits per heavy atom. The highest BCUT2D eigenvalue weighted by Crippen LogP contribution is 2.14. The summed E-state index contributed by atoms with van der Waals surface area (Å²) in [6.45, 7) is 6.52. The molecule has 0 saturated carbocycles. The van der Waals surface area contributed by atoms with E-state index < -0.39 is 14.2 Å². The molecular weight excluding hydrogens is 236 g/mol. The zero-order chi connectivity index (χ0) is 13.2. The SMILES string of the molecule is CC(O)c1ccccc1[Si](C)(C)c1ccccc1. The number of benzene rings is 2. The van der Waals surface area contributed by atoms with Crippen LogP contribution in [0, 0.1) is 0 Å². The number of aliphatic hydroxyl groups excluding tert-OH is 1. The molecule has 2 heteroatoms. The van der Waals surface area contributed by atoms with Crippen LogP contribution in [0.5, 0.6) is 0 Å². The predicted octanol–water partition coefficient (Wildman–Crippen LogP) is 2.56. The van der Waals surface area contributed by atoms with Crippen LogP contribution in [0.4, 0.5) is 0 Å². The van der Waals surface area contributed by atoms with Gasteiger partial charge >= 0.3 is 0 Å². The molecule has 0 aliphatic carbocycles. The average molecular weight is 256 g/mol. The molecule has 1 unspecified atom stereocenters. The van der Waals surface area contributed by atoms with Gasteiger partial charge in [-0.2, -0.15) is 0 Å². The largest absolute Gasteiger partial charge is 0.389 e. The zero-order valence-electron chi connectivity index (χ0n) is 11.2. The molecule has 0 heterocycles. The minimum absolute atomic E-state index is 0.406. The van der Waals surface area contributed by atoms with Crippen molar-refractivity contribution in [3.05, 3.63) is 60.2 Å². The van der Waals surface area contributed by atoms with E-state index in [1.165, 1.54) is 10.4 Å². The van der Waals surface area contributed by atoms with E-state index in [1.807, 2.05) is 19.1 Å². The molecule has 1 N–H and O–H groups in total. The molecule has 0 aliphatic rings. The van der Waals surface area contributed by atoms with Gasteiger partial charge in [-0.15, -0.1) is 0 Å². The standard InChI is InChI=1S/C16H20OSi/c1-13(17)15-11-7-8-12-16(15)18(2,3)14-9-5-4-6-10-14/h4-13,17H,1-3H3. The van der Waals surface area contributed by atoms with E-state index in [2.05, 4.69) is 55.6 Å². The smallest absolute Gasteiger partial charge is 0.112 e. The Hall–Kier alpha value is -1.38. The molecule has 0 radical (unpaired) electrons. The molecule has 0 bridgehead atoms. The third kappa shape index (κ3) is 2.40. The Kier molecular flexibility index (Phi) is 3.69. The maximum absolute atomic E-state index is 9.94. The van der Waals surface area contributed by atoms with Gasteiger partial charge in [0.2, 0.25) is 0 Å². The summed E-state index contributed by atoms with van der Waals surface area (Å²) in [5.74, 6) is 0. The Balaban J connectivity index is 2.54. The summed E-state index contributed by atoms with van der Waals surface area (Å²) in [6, 6.07) is 18.9. The van der Waals surface area contributed by atoms with Gasteiger partial charge in [-0.1, -0.05) is 72.9 Å². The van der Waals surface area contributed by atoms with E-state index in [1.54, 1.807) is 0 Å². The van der Waals surface area contributed by atoms with Gasteiger partial charge in [0.15, 0.2) is 0 Å². The minimum Gasteiger partial charge on any atom is -0.389 e. The van der Waals surface area contributed by atoms with Crippen molar-refractivity contribution in [2.75, 3.05) is 0 Å². The Morgan fingerprint density at radius 3 is 2.06 bits per heavy atom. The molecule has 0 spiro atoms. The second-order valence-electron chi connectivity index (χ2n) is 5.25. The van der Waals surface area contributed by atoms with E-state index in [0.29, 0.717) is 0 Å². The zero-order valence-corrected chi connectivity index (χ0v) is 12.2. The van der Waals surface area contributed by atoms with Gasteiger partial charge in [-0.25, -0.2) is 0 Å². The lowest BCUT2D eigenvalue weighted by Crippen LogP contribution is -2.54. The summed E-state index contributed by atoms with van der Waals surface area (Å²) in [5.41, 5.74) is 1.07. The normalized spacial score (nSPS) is 13.3. The first-order chi connectivity index (χ1) is 8.53. The van der Waals surface area contributed by atoms with Crippen LogP contribution in [-0.4, -0.2) is 13.2 Å². The highest BCUT2D eigenvalue weighted by molar-refractivity contribution is 7.00. The molecule has 2 aromatic carbocycles. The average Bonchev–Trinajstić information content (AvgIpc) is 2.39. The van der Waals surface area contributed by atoms with Crippen LogP contribution in [0.3, 0.4) is 0 Å². The summed E-state index contributed by atoms with van der Waals surface area (Å²) in [7, 11) is -1.72. The van der Waals surface area contributed by atoms with Crippen LogP contribution in [0.25, 0.3) is 0 Å². The first-order valence-electron chi connectivity index (χ1n) is 6.36. The number of hydrogen-bond donors (Lipinski definition) is 1. The lowest BCUT2D eigenvalue weighted by Gasteiger charge is -2.27. The lowest BCUT2D eigenvalue weighted by molar-refractivity contribution is 0.200. The molecule has 0 amide bonds. The van der Waals surface area contributed by atoms with Gasteiger partial charge < -0.3 is 5.11 Å². The third-order valence-corrected chi connectivity index (χ3v) is 7.16. The van der Waals surface area contributed by atoms with Crippen molar-refractivity contribution < 1.29 is 5.11 Å². The van der Waals surface area contributed by atoms with Crippen molar-refractivity contribution in [1.29, 1.82) is 0 Å². The van der Waals surface area contributed by atoms with Crippen LogP contribution < -0.4 is 10.4 Å². The Labute approximate surface area is 110 Å². The van der Waals surface area contributed by atoms with Gasteiger partial charge in [-0.3, -0.25) is 0 Å². The molecule has 0 aliphatic heterocycles. The summed E-state index contributed by atoms with van der Waals surface area (Å²) in [4.78, 5) is 0. The fourth-order valence-electron chi connectivity index (χ4n) is 2.44. The molecule has 1 nitrogen and oxygen atoms in total. The van der Waals surface area contributed by atoms with Crippen molar-refractivity contribution >= 4 is 18.4 Å². The van der Waals surface area contributed by atoms with E-state index in [0.717, 1.165) is 5.56 Å². The fourth-order valence-corrected chi connectivity index (χ4v) is 5.30. The molecule has 94 valence electrons. The van der Waals surface area contributed by atoms with Crippen LogP contribution in [0.2, 0.25) is 13.1 Å². The van der Waals surface area contributed by atoms with Gasteiger partial charge in [0.25, 0.3) is 0 Å². The summed E-state index contributed by atoms with van der Waals surface area (Å²) in [6.07, 6.45) is -0.406. The highest BCUT2D eigenvalue weighted by atomic mass is 28.3. The Morgan fingerprint density at radius 2 is 1.44 bits per heavy atom. The predicted molar refractivity (Wildman–Crippen MR) is 80.3 cm³/mol. The molecule has 0 fully saturated rings. The van der Waals surface area contributed by atoms with Crippen molar-refractivity contribution in [3.8, 4) is 0 Å². The van der Waals surface area contributed by atoms with Crippen molar-refractivity contribution in [1.82, 2.24) is 0 Å². The molecule has 1 atom stereocenters. The van der Waals surface area contributed by atoms with Crippen molar-refractivity contribution in [2.24, 2.45) is 0 Å². The van der Waals surface area contributed by atoms with Crippen molar-refractivity contribution in [3.63, 3.8) is 0 Å².